The Balaban J connectivity index is 2.13. The van der Waals surface area contributed by atoms with Crippen molar-refractivity contribution in [1.82, 2.24) is 20.1 Å². The van der Waals surface area contributed by atoms with Crippen LogP contribution in [0.1, 0.15) is 31.9 Å². The van der Waals surface area contributed by atoms with Gasteiger partial charge in [0.1, 0.15) is 5.69 Å². The highest BCUT2D eigenvalue weighted by Gasteiger charge is 2.11. The Morgan fingerprint density at radius 2 is 2.22 bits per heavy atom. The van der Waals surface area contributed by atoms with Gasteiger partial charge in [-0.2, -0.15) is 5.10 Å². The van der Waals surface area contributed by atoms with Crippen molar-refractivity contribution < 1.29 is 4.42 Å². The Labute approximate surface area is 107 Å². The lowest BCUT2D eigenvalue weighted by Crippen LogP contribution is -2.13. The number of hydrogen-bond acceptors (Lipinski definition) is 4. The molecule has 1 N–H and O–H groups in total. The summed E-state index contributed by atoms with van der Waals surface area (Å²) in [6.07, 6.45) is 2.88. The smallest absolute Gasteiger partial charge is 0.208 e. The minimum Gasteiger partial charge on any atom is -0.438 e. The summed E-state index contributed by atoms with van der Waals surface area (Å²) in [5.74, 6) is 1.51. The van der Waals surface area contributed by atoms with Crippen LogP contribution in [0, 0.1) is 6.92 Å². The lowest BCUT2D eigenvalue weighted by molar-refractivity contribution is 0.473. The van der Waals surface area contributed by atoms with E-state index in [4.69, 9.17) is 4.42 Å². The average molecular weight is 248 g/mol. The van der Waals surface area contributed by atoms with Crippen molar-refractivity contribution in [3.63, 3.8) is 0 Å². The summed E-state index contributed by atoms with van der Waals surface area (Å²) >= 11 is 0. The van der Waals surface area contributed by atoms with Gasteiger partial charge < -0.3 is 9.73 Å². The zero-order chi connectivity index (χ0) is 13.0. The molecule has 0 aliphatic rings. The number of oxazole rings is 1. The van der Waals surface area contributed by atoms with Crippen molar-refractivity contribution in [2.75, 3.05) is 6.54 Å². The lowest BCUT2D eigenvalue weighted by Gasteiger charge is -2.00. The number of aromatic nitrogens is 3. The van der Waals surface area contributed by atoms with E-state index < -0.39 is 0 Å². The molecule has 2 aromatic heterocycles. The fourth-order valence-electron chi connectivity index (χ4n) is 1.87. The molecule has 5 nitrogen and oxygen atoms in total. The zero-order valence-corrected chi connectivity index (χ0v) is 11.2. The largest absolute Gasteiger partial charge is 0.438 e. The maximum atomic E-state index is 5.74. The topological polar surface area (TPSA) is 55.9 Å². The number of nitrogens with zero attached hydrogens (tertiary/aromatic N) is 3. The van der Waals surface area contributed by atoms with Gasteiger partial charge in [-0.3, -0.25) is 4.68 Å². The van der Waals surface area contributed by atoms with Crippen molar-refractivity contribution in [2.45, 2.75) is 40.3 Å². The van der Waals surface area contributed by atoms with Crippen molar-refractivity contribution in [3.05, 3.63) is 23.8 Å². The molecule has 0 unspecified atom stereocenters. The van der Waals surface area contributed by atoms with Crippen LogP contribution in [0.15, 0.2) is 16.7 Å². The Kier molecular flexibility index (Phi) is 4.15. The van der Waals surface area contributed by atoms with Crippen LogP contribution < -0.4 is 5.32 Å². The van der Waals surface area contributed by atoms with Gasteiger partial charge in [0, 0.05) is 6.54 Å². The van der Waals surface area contributed by atoms with Crippen molar-refractivity contribution >= 4 is 0 Å². The van der Waals surface area contributed by atoms with Gasteiger partial charge in [0.05, 0.1) is 18.4 Å². The molecule has 0 saturated heterocycles. The molecule has 2 aromatic rings. The van der Waals surface area contributed by atoms with E-state index in [9.17, 15) is 0 Å². The monoisotopic (exact) mass is 248 g/mol. The maximum Gasteiger partial charge on any atom is 0.208 e. The van der Waals surface area contributed by atoms with E-state index in [0.717, 1.165) is 42.5 Å². The minimum atomic E-state index is 0.674. The number of nitrogens with one attached hydrogen (secondary N) is 1. The third-order valence-corrected chi connectivity index (χ3v) is 2.71. The van der Waals surface area contributed by atoms with Gasteiger partial charge in [-0.1, -0.05) is 6.92 Å². The van der Waals surface area contributed by atoms with Gasteiger partial charge >= 0.3 is 0 Å². The van der Waals surface area contributed by atoms with Gasteiger partial charge in [-0.15, -0.1) is 0 Å². The van der Waals surface area contributed by atoms with E-state index in [0.29, 0.717) is 6.54 Å². The maximum absolute atomic E-state index is 5.74. The molecule has 0 aliphatic carbocycles. The van der Waals surface area contributed by atoms with Gasteiger partial charge in [-0.05, 0) is 32.9 Å². The first-order valence-corrected chi connectivity index (χ1v) is 6.44. The summed E-state index contributed by atoms with van der Waals surface area (Å²) in [6, 6.07) is 2.02. The lowest BCUT2D eigenvalue weighted by atomic mass is 10.3. The Morgan fingerprint density at radius 1 is 1.39 bits per heavy atom. The van der Waals surface area contributed by atoms with Gasteiger partial charge in [0.15, 0.2) is 5.76 Å². The summed E-state index contributed by atoms with van der Waals surface area (Å²) in [5, 5.41) is 7.67. The molecule has 5 heteroatoms. The van der Waals surface area contributed by atoms with Crippen LogP contribution in [0.25, 0.3) is 11.5 Å². The molecule has 0 saturated carbocycles. The van der Waals surface area contributed by atoms with Gasteiger partial charge in [-0.25, -0.2) is 4.98 Å². The highest BCUT2D eigenvalue weighted by Crippen LogP contribution is 2.21. The van der Waals surface area contributed by atoms with Crippen LogP contribution in [0.4, 0.5) is 0 Å². The molecule has 2 heterocycles. The second kappa shape index (κ2) is 5.82. The van der Waals surface area contributed by atoms with Gasteiger partial charge in [0.2, 0.25) is 5.89 Å². The highest BCUT2D eigenvalue weighted by molar-refractivity contribution is 5.51. The van der Waals surface area contributed by atoms with E-state index in [-0.39, 0.29) is 0 Å². The number of rotatable bonds is 6. The highest BCUT2D eigenvalue weighted by atomic mass is 16.4. The first-order chi connectivity index (χ1) is 8.74. The minimum absolute atomic E-state index is 0.674. The fourth-order valence-corrected chi connectivity index (χ4v) is 1.87. The summed E-state index contributed by atoms with van der Waals surface area (Å²) in [6.45, 7) is 8.66. The molecular formula is C13H20N4O. The Bertz CT molecular complexity index is 501. The number of hydrogen-bond donors (Lipinski definition) is 1. The molecule has 0 fully saturated rings. The van der Waals surface area contributed by atoms with E-state index in [1.165, 1.54) is 0 Å². The summed E-state index contributed by atoms with van der Waals surface area (Å²) in [5.41, 5.74) is 1.98. The molecule has 0 atom stereocenters. The normalized spacial score (nSPS) is 11.1. The third kappa shape index (κ3) is 2.79. The SMILES string of the molecule is CCCNCc1ncc(-c2cc(C)nn2CC)o1. The van der Waals surface area contributed by atoms with Crippen LogP contribution in [0.5, 0.6) is 0 Å². The quantitative estimate of drug-likeness (QED) is 0.797. The molecule has 98 valence electrons. The van der Waals surface area contributed by atoms with E-state index in [2.05, 4.69) is 29.2 Å². The molecule has 0 aliphatic heterocycles. The summed E-state index contributed by atoms with van der Waals surface area (Å²) < 4.78 is 7.67. The second-order valence-electron chi connectivity index (χ2n) is 4.28. The molecule has 0 spiro atoms. The van der Waals surface area contributed by atoms with Crippen LogP contribution in [0.2, 0.25) is 0 Å². The molecule has 0 bridgehead atoms. The summed E-state index contributed by atoms with van der Waals surface area (Å²) in [4.78, 5) is 4.28. The standard InChI is InChI=1S/C13H20N4O/c1-4-6-14-9-13-15-8-12(18-13)11-7-10(3)16-17(11)5-2/h7-8,14H,4-6,9H2,1-3H3. The molecule has 0 aromatic carbocycles. The fraction of sp³-hybridized carbons (Fsp3) is 0.538. The van der Waals surface area contributed by atoms with Crippen molar-refractivity contribution in [2.24, 2.45) is 0 Å². The Morgan fingerprint density at radius 3 is 2.94 bits per heavy atom. The first kappa shape index (κ1) is 12.8. The molecule has 18 heavy (non-hydrogen) atoms. The predicted molar refractivity (Wildman–Crippen MR) is 70.1 cm³/mol. The van der Waals surface area contributed by atoms with Crippen LogP contribution in [0.3, 0.4) is 0 Å². The van der Waals surface area contributed by atoms with E-state index in [1.807, 2.05) is 17.7 Å². The molecule has 0 radical (unpaired) electrons. The van der Waals surface area contributed by atoms with E-state index in [1.54, 1.807) is 6.20 Å². The first-order valence-electron chi connectivity index (χ1n) is 6.44. The summed E-state index contributed by atoms with van der Waals surface area (Å²) in [7, 11) is 0. The van der Waals surface area contributed by atoms with E-state index >= 15 is 0 Å². The number of aryl methyl sites for hydroxylation is 2. The Hall–Kier alpha value is -1.62. The van der Waals surface area contributed by atoms with Crippen LogP contribution in [-0.2, 0) is 13.1 Å². The molecule has 0 amide bonds. The molecular weight excluding hydrogens is 228 g/mol. The second-order valence-corrected chi connectivity index (χ2v) is 4.28. The average Bonchev–Trinajstić information content (AvgIpc) is 2.95. The molecule has 2 rings (SSSR count). The predicted octanol–water partition coefficient (Wildman–Crippen LogP) is 2.37. The van der Waals surface area contributed by atoms with Crippen molar-refractivity contribution in [1.29, 1.82) is 0 Å². The third-order valence-electron chi connectivity index (χ3n) is 2.71. The zero-order valence-electron chi connectivity index (χ0n) is 11.2. The van der Waals surface area contributed by atoms with Crippen molar-refractivity contribution in [3.8, 4) is 11.5 Å². The van der Waals surface area contributed by atoms with Crippen LogP contribution >= 0.6 is 0 Å². The van der Waals surface area contributed by atoms with Gasteiger partial charge in [0.25, 0.3) is 0 Å². The van der Waals surface area contributed by atoms with Crippen LogP contribution in [-0.4, -0.2) is 21.3 Å².